The molecule has 2 unspecified atom stereocenters. The molecule has 2 heterocycles. The summed E-state index contributed by atoms with van der Waals surface area (Å²) in [5.41, 5.74) is 4.99. The SMILES string of the molecule is Cc1ccc(O)c2c1C13CCN(C)[C@H](C)[C@]1(O)CC=C(OC(=O)[C@H](C)OC(=O)[C@H](C)N)C3O2. The third-order valence-electron chi connectivity index (χ3n) is 7.55. The van der Waals surface area contributed by atoms with Gasteiger partial charge in [0.2, 0.25) is 0 Å². The van der Waals surface area contributed by atoms with Crippen LogP contribution in [0.1, 0.15) is 44.7 Å². The molecule has 6 atom stereocenters. The molecule has 1 spiro atoms. The van der Waals surface area contributed by atoms with Crippen molar-refractivity contribution in [3.05, 3.63) is 35.1 Å². The van der Waals surface area contributed by atoms with Crippen LogP contribution >= 0.6 is 0 Å². The number of esters is 2. The lowest BCUT2D eigenvalue weighted by Crippen LogP contribution is -2.71. The summed E-state index contributed by atoms with van der Waals surface area (Å²) in [6.07, 6.45) is 0.431. The van der Waals surface area contributed by atoms with Crippen LogP contribution in [-0.2, 0) is 24.5 Å². The van der Waals surface area contributed by atoms with Crippen molar-refractivity contribution < 1.29 is 34.0 Å². The van der Waals surface area contributed by atoms with Gasteiger partial charge in [-0.2, -0.15) is 0 Å². The van der Waals surface area contributed by atoms with Crippen molar-refractivity contribution in [1.29, 1.82) is 0 Å². The predicted octanol–water partition coefficient (Wildman–Crippen LogP) is 1.26. The first kappa shape index (κ1) is 23.5. The number of phenols is 1. The highest BCUT2D eigenvalue weighted by Gasteiger charge is 2.69. The number of hydrogen-bond donors (Lipinski definition) is 3. The van der Waals surface area contributed by atoms with Crippen molar-refractivity contribution >= 4 is 11.9 Å². The highest BCUT2D eigenvalue weighted by Crippen LogP contribution is 2.62. The smallest absolute Gasteiger partial charge is 0.352 e. The Kier molecular flexibility index (Phi) is 5.71. The zero-order valence-corrected chi connectivity index (χ0v) is 19.6. The first-order chi connectivity index (χ1) is 15.4. The van der Waals surface area contributed by atoms with E-state index in [4.69, 9.17) is 19.9 Å². The second kappa shape index (κ2) is 8.00. The molecule has 1 aromatic carbocycles. The van der Waals surface area contributed by atoms with Crippen molar-refractivity contribution in [1.82, 2.24) is 4.90 Å². The van der Waals surface area contributed by atoms with E-state index < -0.39 is 41.2 Å². The maximum atomic E-state index is 12.8. The molecule has 0 radical (unpaired) electrons. The van der Waals surface area contributed by atoms with Gasteiger partial charge in [-0.15, -0.1) is 0 Å². The number of phenolic OH excluding ortho intramolecular Hbond substituents is 1. The Hall–Kier alpha value is -2.62. The van der Waals surface area contributed by atoms with Gasteiger partial charge in [-0.25, -0.2) is 4.79 Å². The number of piperidine rings is 1. The van der Waals surface area contributed by atoms with Gasteiger partial charge in [0, 0.05) is 18.0 Å². The van der Waals surface area contributed by atoms with Crippen molar-refractivity contribution in [2.24, 2.45) is 5.73 Å². The average Bonchev–Trinajstić information content (AvgIpc) is 3.13. The number of likely N-dealkylation sites (tertiary alicyclic amines) is 1. The summed E-state index contributed by atoms with van der Waals surface area (Å²) in [6, 6.07) is 2.28. The van der Waals surface area contributed by atoms with Crippen molar-refractivity contribution in [3.8, 4) is 11.5 Å². The molecule has 4 rings (SSSR count). The minimum atomic E-state index is -1.22. The highest BCUT2D eigenvalue weighted by molar-refractivity contribution is 5.82. The van der Waals surface area contributed by atoms with Gasteiger partial charge in [0.1, 0.15) is 11.8 Å². The zero-order chi connectivity index (χ0) is 24.3. The van der Waals surface area contributed by atoms with Crippen molar-refractivity contribution in [3.63, 3.8) is 0 Å². The van der Waals surface area contributed by atoms with Crippen LogP contribution in [0, 0.1) is 6.92 Å². The molecule has 4 N–H and O–H groups in total. The molecule has 0 amide bonds. The van der Waals surface area contributed by atoms with Crippen LogP contribution in [0.5, 0.6) is 11.5 Å². The number of aryl methyl sites for hydroxylation is 1. The fraction of sp³-hybridized carbons (Fsp3) is 0.583. The molecule has 33 heavy (non-hydrogen) atoms. The molecule has 1 aromatic rings. The average molecular weight is 461 g/mol. The summed E-state index contributed by atoms with van der Waals surface area (Å²) >= 11 is 0. The van der Waals surface area contributed by atoms with Gasteiger partial charge in [-0.3, -0.25) is 4.79 Å². The number of hydrogen-bond acceptors (Lipinski definition) is 9. The monoisotopic (exact) mass is 460 g/mol. The Morgan fingerprint density at radius 1 is 1.30 bits per heavy atom. The van der Waals surface area contributed by atoms with Gasteiger partial charge in [-0.1, -0.05) is 6.07 Å². The topological polar surface area (TPSA) is 132 Å². The molecule has 1 aliphatic carbocycles. The van der Waals surface area contributed by atoms with E-state index in [2.05, 4.69) is 4.90 Å². The number of rotatable bonds is 4. The van der Waals surface area contributed by atoms with Crippen LogP contribution in [0.2, 0.25) is 0 Å². The minimum absolute atomic E-state index is 0.0294. The van der Waals surface area contributed by atoms with Gasteiger partial charge in [0.05, 0.1) is 11.0 Å². The molecule has 9 heteroatoms. The lowest BCUT2D eigenvalue weighted by atomic mass is 9.54. The fourth-order valence-corrected chi connectivity index (χ4v) is 5.53. The normalized spacial score (nSPS) is 32.4. The maximum Gasteiger partial charge on any atom is 0.352 e. The van der Waals surface area contributed by atoms with E-state index in [-0.39, 0.29) is 24.0 Å². The summed E-state index contributed by atoms with van der Waals surface area (Å²) in [6.45, 7) is 7.45. The predicted molar refractivity (Wildman–Crippen MR) is 119 cm³/mol. The molecule has 0 saturated carbocycles. The number of aliphatic hydroxyl groups is 1. The van der Waals surface area contributed by atoms with E-state index in [1.165, 1.54) is 13.8 Å². The van der Waals surface area contributed by atoms with Crippen LogP contribution in [0.25, 0.3) is 0 Å². The molecule has 1 saturated heterocycles. The summed E-state index contributed by atoms with van der Waals surface area (Å²) in [5, 5.41) is 22.7. The van der Waals surface area contributed by atoms with E-state index >= 15 is 0 Å². The third-order valence-corrected chi connectivity index (χ3v) is 7.55. The molecular formula is C24H32N2O7. The van der Waals surface area contributed by atoms with Gasteiger partial charge in [0.15, 0.2) is 23.7 Å². The van der Waals surface area contributed by atoms with E-state index in [0.29, 0.717) is 18.7 Å². The number of nitrogens with zero attached hydrogens (tertiary/aromatic N) is 1. The Morgan fingerprint density at radius 3 is 2.67 bits per heavy atom. The second-order valence-electron chi connectivity index (χ2n) is 9.51. The summed E-state index contributed by atoms with van der Waals surface area (Å²) in [4.78, 5) is 26.7. The number of carbonyl (C=O) groups is 2. The van der Waals surface area contributed by atoms with Gasteiger partial charge in [-0.05, 0) is 65.4 Å². The maximum absolute atomic E-state index is 12.8. The Balaban J connectivity index is 1.75. The van der Waals surface area contributed by atoms with Gasteiger partial charge < -0.3 is 35.1 Å². The number of nitrogens with two attached hydrogens (primary N) is 1. The molecule has 2 aliphatic heterocycles. The standard InChI is InChI=1S/C24H32N2O7/c1-12-6-7-16(27)19-18(12)23-10-11-26(5)15(4)24(23,30)9-8-17(20(23)33-19)32-22(29)14(3)31-21(28)13(2)25/h6-8,13-15,20,27,30H,9-11,25H2,1-5H3/t13-,14-,15+,20?,23?,24+/m0/s1. The third kappa shape index (κ3) is 3.33. The Labute approximate surface area is 193 Å². The van der Waals surface area contributed by atoms with Crippen LogP contribution < -0.4 is 10.5 Å². The molecule has 3 aliphatic rings. The van der Waals surface area contributed by atoms with E-state index in [1.807, 2.05) is 20.9 Å². The van der Waals surface area contributed by atoms with Gasteiger partial charge in [0.25, 0.3) is 0 Å². The molecule has 180 valence electrons. The molecular weight excluding hydrogens is 428 g/mol. The lowest BCUT2D eigenvalue weighted by molar-refractivity contribution is -0.172. The van der Waals surface area contributed by atoms with Crippen molar-refractivity contribution in [2.75, 3.05) is 13.6 Å². The number of aromatic hydroxyl groups is 1. The molecule has 0 aromatic heterocycles. The van der Waals surface area contributed by atoms with Crippen LogP contribution in [0.15, 0.2) is 24.0 Å². The first-order valence-electron chi connectivity index (χ1n) is 11.2. The summed E-state index contributed by atoms with van der Waals surface area (Å²) in [7, 11) is 1.96. The Morgan fingerprint density at radius 2 is 2.00 bits per heavy atom. The zero-order valence-electron chi connectivity index (χ0n) is 19.6. The molecule has 9 nitrogen and oxygen atoms in total. The highest BCUT2D eigenvalue weighted by atomic mass is 16.6. The van der Waals surface area contributed by atoms with Crippen LogP contribution in [-0.4, -0.2) is 70.5 Å². The lowest BCUT2D eigenvalue weighted by Gasteiger charge is -2.58. The fourth-order valence-electron chi connectivity index (χ4n) is 5.53. The van der Waals surface area contributed by atoms with Gasteiger partial charge >= 0.3 is 11.9 Å². The van der Waals surface area contributed by atoms with Crippen LogP contribution in [0.4, 0.5) is 0 Å². The number of likely N-dealkylation sites (N-methyl/N-ethyl adjacent to an activating group) is 1. The van der Waals surface area contributed by atoms with E-state index in [1.54, 1.807) is 18.2 Å². The summed E-state index contributed by atoms with van der Waals surface area (Å²) in [5.74, 6) is -0.969. The quantitative estimate of drug-likeness (QED) is 0.568. The first-order valence-corrected chi connectivity index (χ1v) is 11.2. The van der Waals surface area contributed by atoms with Crippen LogP contribution in [0.3, 0.4) is 0 Å². The van der Waals surface area contributed by atoms with E-state index in [0.717, 1.165) is 11.1 Å². The number of carbonyl (C=O) groups excluding carboxylic acids is 2. The Bertz CT molecular complexity index is 1020. The molecule has 0 bridgehead atoms. The number of fused-ring (bicyclic) bond motifs is 1. The largest absolute Gasteiger partial charge is 0.504 e. The van der Waals surface area contributed by atoms with E-state index in [9.17, 15) is 19.8 Å². The van der Waals surface area contributed by atoms with Crippen molar-refractivity contribution in [2.45, 2.75) is 75.8 Å². The molecule has 1 fully saturated rings. The summed E-state index contributed by atoms with van der Waals surface area (Å²) < 4.78 is 17.0. The number of ether oxygens (including phenoxy) is 3. The second-order valence-corrected chi connectivity index (χ2v) is 9.51. The minimum Gasteiger partial charge on any atom is -0.504 e. The number of benzene rings is 1.